The first kappa shape index (κ1) is 20.9. The number of anilines is 1. The molecule has 4 heterocycles. The van der Waals surface area contributed by atoms with Gasteiger partial charge in [0.15, 0.2) is 0 Å². The summed E-state index contributed by atoms with van der Waals surface area (Å²) >= 11 is 0. The van der Waals surface area contributed by atoms with Crippen LogP contribution in [0.2, 0.25) is 0 Å². The lowest BCUT2D eigenvalue weighted by Crippen LogP contribution is -2.53. The lowest BCUT2D eigenvalue weighted by molar-refractivity contribution is -0.127. The van der Waals surface area contributed by atoms with Gasteiger partial charge in [0.2, 0.25) is 11.8 Å². The van der Waals surface area contributed by atoms with Gasteiger partial charge in [0.25, 0.3) is 0 Å². The van der Waals surface area contributed by atoms with Gasteiger partial charge in [-0.05, 0) is 50.8 Å². The Bertz CT molecular complexity index is 825. The maximum atomic E-state index is 13.0. The number of ether oxygens (including phenoxy) is 1. The normalized spacial score (nSPS) is 30.0. The number of para-hydroxylation sites is 1. The van der Waals surface area contributed by atoms with Crippen LogP contribution < -0.4 is 10.2 Å². The molecule has 2 amide bonds. The van der Waals surface area contributed by atoms with E-state index < -0.39 is 0 Å². The Kier molecular flexibility index (Phi) is 5.99. The standard InChI is InChI=1S/C24H34N4O3/c1-26-19(6-7-22(29)28-12-8-17-4-2-3-5-20(17)28)16-25-24(30)23-21(26)9-13-27(23)18-10-14-31-15-11-18/h2-5,18-19,21,23H,6-16H2,1H3,(H,25,30). The molecule has 168 valence electrons. The van der Waals surface area contributed by atoms with Crippen molar-refractivity contribution >= 4 is 17.5 Å². The highest BCUT2D eigenvalue weighted by Crippen LogP contribution is 2.32. The maximum absolute atomic E-state index is 13.0. The fourth-order valence-corrected chi connectivity index (χ4v) is 6.04. The average molecular weight is 427 g/mol. The lowest BCUT2D eigenvalue weighted by Gasteiger charge is -2.37. The molecule has 3 atom stereocenters. The topological polar surface area (TPSA) is 65.1 Å². The van der Waals surface area contributed by atoms with Gasteiger partial charge in [0.1, 0.15) is 6.04 Å². The Hall–Kier alpha value is -1.96. The van der Waals surface area contributed by atoms with Crippen LogP contribution >= 0.6 is 0 Å². The zero-order chi connectivity index (χ0) is 21.4. The van der Waals surface area contributed by atoms with Gasteiger partial charge in [-0.2, -0.15) is 0 Å². The number of carbonyl (C=O) groups excluding carboxylic acids is 2. The molecule has 4 aliphatic rings. The minimum Gasteiger partial charge on any atom is -0.381 e. The fourth-order valence-electron chi connectivity index (χ4n) is 6.04. The van der Waals surface area contributed by atoms with Gasteiger partial charge in [0, 0.05) is 63.1 Å². The monoisotopic (exact) mass is 426 g/mol. The number of nitrogens with zero attached hydrogens (tertiary/aromatic N) is 3. The molecule has 1 N–H and O–H groups in total. The second kappa shape index (κ2) is 8.88. The van der Waals surface area contributed by atoms with Crippen LogP contribution in [0.25, 0.3) is 0 Å². The number of likely N-dealkylation sites (N-methyl/N-ethyl adjacent to an activating group) is 1. The minimum atomic E-state index is -0.0840. The molecule has 0 radical (unpaired) electrons. The zero-order valence-electron chi connectivity index (χ0n) is 18.5. The Morgan fingerprint density at radius 3 is 2.81 bits per heavy atom. The highest BCUT2D eigenvalue weighted by Gasteiger charge is 2.47. The summed E-state index contributed by atoms with van der Waals surface area (Å²) in [6.07, 6.45) is 5.25. The molecule has 5 rings (SSSR count). The first-order valence-corrected chi connectivity index (χ1v) is 11.8. The van der Waals surface area contributed by atoms with Crippen LogP contribution in [-0.4, -0.2) is 85.7 Å². The molecule has 7 nitrogen and oxygen atoms in total. The summed E-state index contributed by atoms with van der Waals surface area (Å²) < 4.78 is 5.53. The molecular formula is C24H34N4O3. The number of fused-ring (bicyclic) bond motifs is 2. The second-order valence-corrected chi connectivity index (χ2v) is 9.41. The third-order valence-electron chi connectivity index (χ3n) is 7.82. The largest absolute Gasteiger partial charge is 0.381 e. The highest BCUT2D eigenvalue weighted by molar-refractivity contribution is 5.95. The number of hydrogen-bond acceptors (Lipinski definition) is 5. The van der Waals surface area contributed by atoms with E-state index in [1.54, 1.807) is 0 Å². The Labute approximate surface area is 184 Å². The number of likely N-dealkylation sites (tertiary alicyclic amines) is 1. The minimum absolute atomic E-state index is 0.0840. The summed E-state index contributed by atoms with van der Waals surface area (Å²) in [6, 6.07) is 8.97. The first-order valence-electron chi connectivity index (χ1n) is 11.8. The Morgan fingerprint density at radius 1 is 1.16 bits per heavy atom. The van der Waals surface area contributed by atoms with Crippen molar-refractivity contribution in [1.82, 2.24) is 15.1 Å². The third kappa shape index (κ3) is 3.99. The van der Waals surface area contributed by atoms with E-state index in [9.17, 15) is 9.59 Å². The SMILES string of the molecule is CN1C(CCC(=O)N2CCc3ccccc32)CNC(=O)C2C1CCN2C1CCOCC1. The quantitative estimate of drug-likeness (QED) is 0.789. The molecule has 0 aliphatic carbocycles. The summed E-state index contributed by atoms with van der Waals surface area (Å²) in [7, 11) is 2.14. The Balaban J connectivity index is 1.23. The summed E-state index contributed by atoms with van der Waals surface area (Å²) in [4.78, 5) is 32.8. The molecular weight excluding hydrogens is 392 g/mol. The van der Waals surface area contributed by atoms with Gasteiger partial charge in [-0.1, -0.05) is 18.2 Å². The third-order valence-corrected chi connectivity index (χ3v) is 7.82. The van der Waals surface area contributed by atoms with E-state index in [2.05, 4.69) is 28.2 Å². The fraction of sp³-hybridized carbons (Fsp3) is 0.667. The van der Waals surface area contributed by atoms with Crippen LogP contribution in [0.1, 0.15) is 37.7 Å². The molecule has 0 saturated carbocycles. The molecule has 3 unspecified atom stereocenters. The van der Waals surface area contributed by atoms with Crippen molar-refractivity contribution in [1.29, 1.82) is 0 Å². The summed E-state index contributed by atoms with van der Waals surface area (Å²) in [5, 5.41) is 3.20. The summed E-state index contributed by atoms with van der Waals surface area (Å²) in [5.74, 6) is 0.351. The van der Waals surface area contributed by atoms with Crippen LogP contribution in [-0.2, 0) is 20.7 Å². The van der Waals surface area contributed by atoms with E-state index in [4.69, 9.17) is 4.74 Å². The van der Waals surface area contributed by atoms with E-state index in [0.717, 1.165) is 64.1 Å². The van der Waals surface area contributed by atoms with E-state index in [0.29, 0.717) is 19.0 Å². The number of benzene rings is 1. The smallest absolute Gasteiger partial charge is 0.239 e. The van der Waals surface area contributed by atoms with Gasteiger partial charge in [-0.25, -0.2) is 0 Å². The van der Waals surface area contributed by atoms with Crippen LogP contribution in [0, 0.1) is 0 Å². The average Bonchev–Trinajstić information content (AvgIpc) is 3.41. The molecule has 4 aliphatic heterocycles. The summed E-state index contributed by atoms with van der Waals surface area (Å²) in [5.41, 5.74) is 2.33. The lowest BCUT2D eigenvalue weighted by atomic mass is 10.0. The van der Waals surface area contributed by atoms with E-state index >= 15 is 0 Å². The highest BCUT2D eigenvalue weighted by atomic mass is 16.5. The Morgan fingerprint density at radius 2 is 1.97 bits per heavy atom. The molecule has 3 fully saturated rings. The number of rotatable bonds is 4. The molecule has 1 aromatic carbocycles. The maximum Gasteiger partial charge on any atom is 0.239 e. The molecule has 3 saturated heterocycles. The van der Waals surface area contributed by atoms with Crippen LogP contribution in [0.4, 0.5) is 5.69 Å². The van der Waals surface area contributed by atoms with E-state index in [-0.39, 0.29) is 29.9 Å². The predicted molar refractivity (Wildman–Crippen MR) is 119 cm³/mol. The van der Waals surface area contributed by atoms with Crippen LogP contribution in [0.3, 0.4) is 0 Å². The molecule has 7 heteroatoms. The van der Waals surface area contributed by atoms with Crippen molar-refractivity contribution in [3.05, 3.63) is 29.8 Å². The molecule has 31 heavy (non-hydrogen) atoms. The van der Waals surface area contributed by atoms with Gasteiger partial charge in [-0.15, -0.1) is 0 Å². The molecule has 1 aromatic rings. The second-order valence-electron chi connectivity index (χ2n) is 9.41. The van der Waals surface area contributed by atoms with Gasteiger partial charge < -0.3 is 15.0 Å². The van der Waals surface area contributed by atoms with Crippen molar-refractivity contribution in [2.24, 2.45) is 0 Å². The number of carbonyl (C=O) groups is 2. The van der Waals surface area contributed by atoms with Crippen molar-refractivity contribution < 1.29 is 14.3 Å². The van der Waals surface area contributed by atoms with Crippen LogP contribution in [0.15, 0.2) is 24.3 Å². The predicted octanol–water partition coefficient (Wildman–Crippen LogP) is 1.41. The van der Waals surface area contributed by atoms with Crippen molar-refractivity contribution in [2.75, 3.05) is 44.8 Å². The molecule has 0 bridgehead atoms. The number of nitrogens with one attached hydrogen (secondary N) is 1. The zero-order valence-corrected chi connectivity index (χ0v) is 18.5. The van der Waals surface area contributed by atoms with Crippen molar-refractivity contribution in [2.45, 2.75) is 62.7 Å². The van der Waals surface area contributed by atoms with E-state index in [1.165, 1.54) is 5.56 Å². The van der Waals surface area contributed by atoms with E-state index in [1.807, 2.05) is 23.1 Å². The van der Waals surface area contributed by atoms with Crippen molar-refractivity contribution in [3.63, 3.8) is 0 Å². The first-order chi connectivity index (χ1) is 15.1. The van der Waals surface area contributed by atoms with Gasteiger partial charge in [-0.3, -0.25) is 19.4 Å². The van der Waals surface area contributed by atoms with Gasteiger partial charge in [0.05, 0.1) is 0 Å². The van der Waals surface area contributed by atoms with Crippen LogP contribution in [0.5, 0.6) is 0 Å². The molecule has 0 spiro atoms. The summed E-state index contributed by atoms with van der Waals surface area (Å²) in [6.45, 7) is 3.95. The number of hydrogen-bond donors (Lipinski definition) is 1. The van der Waals surface area contributed by atoms with Gasteiger partial charge >= 0.3 is 0 Å². The van der Waals surface area contributed by atoms with Crippen molar-refractivity contribution in [3.8, 4) is 0 Å². The molecule has 0 aromatic heterocycles. The number of amides is 2.